The molecule has 0 spiro atoms. The van der Waals surface area contributed by atoms with E-state index >= 15 is 0 Å². The van der Waals surface area contributed by atoms with Crippen molar-refractivity contribution in [1.82, 2.24) is 9.13 Å². The topological polar surface area (TPSA) is 65.6 Å². The Balaban J connectivity index is 1.59. The van der Waals surface area contributed by atoms with Gasteiger partial charge < -0.3 is 9.30 Å². The number of hydrogen-bond donors (Lipinski definition) is 0. The molecule has 0 fully saturated rings. The fourth-order valence-corrected chi connectivity index (χ4v) is 7.07. The molecule has 1 atom stereocenters. The van der Waals surface area contributed by atoms with Crippen LogP contribution in [0.3, 0.4) is 0 Å². The number of fused-ring (bicyclic) bond motifs is 1. The predicted octanol–water partition coefficient (Wildman–Crippen LogP) is 6.26. The van der Waals surface area contributed by atoms with E-state index in [9.17, 15) is 9.59 Å². The maximum absolute atomic E-state index is 14.2. The first-order chi connectivity index (χ1) is 20.8. The number of halogens is 1. The molecule has 43 heavy (non-hydrogen) atoms. The second kappa shape index (κ2) is 11.9. The summed E-state index contributed by atoms with van der Waals surface area (Å²) in [6.45, 7) is 8.24. The largest absolute Gasteiger partial charge is 0.463 e. The predicted molar refractivity (Wildman–Crippen MR) is 180 cm³/mol. The average Bonchev–Trinajstić information content (AvgIpc) is 3.48. The van der Waals surface area contributed by atoms with Crippen LogP contribution in [0.5, 0.6) is 0 Å². The average molecular weight is 700 g/mol. The molecule has 3 heterocycles. The van der Waals surface area contributed by atoms with Crippen LogP contribution in [0, 0.1) is 24.3 Å². The fourth-order valence-electron chi connectivity index (χ4n) is 5.58. The van der Waals surface area contributed by atoms with E-state index < -0.39 is 12.0 Å². The molecular formula is C35H30IN3O3S. The second-order valence-electron chi connectivity index (χ2n) is 10.4. The van der Waals surface area contributed by atoms with Crippen molar-refractivity contribution in [1.29, 1.82) is 0 Å². The summed E-state index contributed by atoms with van der Waals surface area (Å²) in [6.07, 6.45) is 1.94. The van der Waals surface area contributed by atoms with Crippen molar-refractivity contribution in [2.75, 3.05) is 6.61 Å². The second-order valence-corrected chi connectivity index (χ2v) is 12.6. The summed E-state index contributed by atoms with van der Waals surface area (Å²) in [5.41, 5.74) is 7.69. The Hall–Kier alpha value is -4.02. The van der Waals surface area contributed by atoms with Crippen molar-refractivity contribution in [2.45, 2.75) is 33.7 Å². The van der Waals surface area contributed by atoms with Gasteiger partial charge in [-0.3, -0.25) is 9.36 Å². The maximum Gasteiger partial charge on any atom is 0.338 e. The molecule has 6 nitrogen and oxygen atoms in total. The third-order valence-electron chi connectivity index (χ3n) is 7.66. The highest BCUT2D eigenvalue weighted by Gasteiger charge is 2.35. The number of carbonyl (C=O) groups excluding carboxylic acids is 1. The van der Waals surface area contributed by atoms with E-state index in [1.165, 1.54) is 20.5 Å². The van der Waals surface area contributed by atoms with Gasteiger partial charge >= 0.3 is 5.97 Å². The number of ether oxygens (including phenoxy) is 1. The Morgan fingerprint density at radius 3 is 2.37 bits per heavy atom. The van der Waals surface area contributed by atoms with E-state index in [-0.39, 0.29) is 12.2 Å². The van der Waals surface area contributed by atoms with Crippen molar-refractivity contribution in [2.24, 2.45) is 4.99 Å². The summed E-state index contributed by atoms with van der Waals surface area (Å²) in [5.74, 6) is -0.482. The lowest BCUT2D eigenvalue weighted by atomic mass is 9.93. The Labute approximate surface area is 267 Å². The molecule has 0 saturated carbocycles. The maximum atomic E-state index is 14.2. The van der Waals surface area contributed by atoms with Gasteiger partial charge in [-0.25, -0.2) is 9.79 Å². The zero-order valence-electron chi connectivity index (χ0n) is 24.3. The third kappa shape index (κ3) is 5.34. The normalized spacial score (nSPS) is 14.9. The summed E-state index contributed by atoms with van der Waals surface area (Å²) >= 11 is 3.70. The standard InChI is InChI=1S/C35H30IN3O3S/c1-5-42-34(41)30-31(24-12-8-6-9-13-24)37-35-39(32(30)25-14-10-7-11-15-25)33(40)29(43-35)19-26-18-22(3)38(23(26)4)27-17-16-21(2)28(36)20-27/h6-20,32H,5H2,1-4H3/b29-19-/t32-/m0/s1. The monoisotopic (exact) mass is 699 g/mol. The highest BCUT2D eigenvalue weighted by Crippen LogP contribution is 2.35. The Bertz CT molecular complexity index is 2070. The van der Waals surface area contributed by atoms with Crippen LogP contribution >= 0.6 is 33.9 Å². The van der Waals surface area contributed by atoms with Gasteiger partial charge in [-0.15, -0.1) is 0 Å². The summed E-state index contributed by atoms with van der Waals surface area (Å²) in [5, 5.41) is 0. The first-order valence-corrected chi connectivity index (χ1v) is 16.0. The summed E-state index contributed by atoms with van der Waals surface area (Å²) in [6, 6.07) is 27.1. The lowest BCUT2D eigenvalue weighted by Gasteiger charge is -2.25. The van der Waals surface area contributed by atoms with E-state index in [2.05, 4.69) is 72.2 Å². The molecule has 0 N–H and O–H groups in total. The van der Waals surface area contributed by atoms with Gasteiger partial charge in [-0.2, -0.15) is 0 Å². The number of esters is 1. The van der Waals surface area contributed by atoms with Gasteiger partial charge in [0, 0.05) is 26.2 Å². The van der Waals surface area contributed by atoms with Crippen LogP contribution in [-0.2, 0) is 9.53 Å². The van der Waals surface area contributed by atoms with Gasteiger partial charge in [-0.05, 0) is 91.3 Å². The van der Waals surface area contributed by atoms with Crippen molar-refractivity contribution < 1.29 is 9.53 Å². The SMILES string of the molecule is CCOC(=O)C1=C(c2ccccc2)N=c2s/c(=C\c3cc(C)n(-c4ccc(C)c(I)c4)c3C)c(=O)n2[C@H]1c1ccccc1. The minimum absolute atomic E-state index is 0.193. The van der Waals surface area contributed by atoms with Gasteiger partial charge in [0.1, 0.15) is 0 Å². The zero-order valence-corrected chi connectivity index (χ0v) is 27.3. The molecule has 3 aromatic carbocycles. The minimum Gasteiger partial charge on any atom is -0.463 e. The number of benzene rings is 3. The summed E-state index contributed by atoms with van der Waals surface area (Å²) in [7, 11) is 0. The number of aromatic nitrogens is 2. The van der Waals surface area contributed by atoms with E-state index in [1.807, 2.05) is 66.7 Å². The quantitative estimate of drug-likeness (QED) is 0.156. The van der Waals surface area contributed by atoms with Crippen molar-refractivity contribution in [3.8, 4) is 5.69 Å². The van der Waals surface area contributed by atoms with Crippen molar-refractivity contribution >= 4 is 51.7 Å². The molecule has 5 aromatic rings. The van der Waals surface area contributed by atoms with Crippen LogP contribution in [0.25, 0.3) is 17.5 Å². The number of hydrogen-bond acceptors (Lipinski definition) is 5. The molecule has 0 bridgehead atoms. The number of nitrogens with zero attached hydrogens (tertiary/aromatic N) is 3. The molecule has 0 aliphatic carbocycles. The summed E-state index contributed by atoms with van der Waals surface area (Å²) in [4.78, 5) is 33.3. The molecule has 1 aliphatic heterocycles. The smallest absolute Gasteiger partial charge is 0.338 e. The Kier molecular flexibility index (Phi) is 8.07. The first-order valence-electron chi connectivity index (χ1n) is 14.1. The van der Waals surface area contributed by atoms with Crippen LogP contribution in [0.2, 0.25) is 0 Å². The van der Waals surface area contributed by atoms with Crippen LogP contribution in [0.4, 0.5) is 0 Å². The number of rotatable bonds is 6. The molecular weight excluding hydrogens is 669 g/mol. The van der Waals surface area contributed by atoms with E-state index in [0.717, 1.165) is 33.8 Å². The van der Waals surface area contributed by atoms with Crippen LogP contribution < -0.4 is 14.9 Å². The highest BCUT2D eigenvalue weighted by molar-refractivity contribution is 14.1. The molecule has 6 rings (SSSR count). The molecule has 1 aliphatic rings. The third-order valence-corrected chi connectivity index (χ3v) is 9.80. The molecule has 0 amide bonds. The van der Waals surface area contributed by atoms with Gasteiger partial charge in [0.25, 0.3) is 5.56 Å². The molecule has 2 aromatic heterocycles. The Morgan fingerprint density at radius 1 is 1.00 bits per heavy atom. The van der Waals surface area contributed by atoms with Crippen LogP contribution in [0.1, 0.15) is 46.6 Å². The summed E-state index contributed by atoms with van der Waals surface area (Å²) < 4.78 is 11.2. The van der Waals surface area contributed by atoms with E-state index in [0.29, 0.717) is 20.6 Å². The molecule has 0 saturated heterocycles. The molecule has 216 valence electrons. The van der Waals surface area contributed by atoms with Crippen molar-refractivity contribution in [3.63, 3.8) is 0 Å². The van der Waals surface area contributed by atoms with E-state index in [4.69, 9.17) is 9.73 Å². The van der Waals surface area contributed by atoms with Crippen LogP contribution in [0.15, 0.2) is 100 Å². The fraction of sp³-hybridized carbons (Fsp3) is 0.171. The van der Waals surface area contributed by atoms with Gasteiger partial charge in [0.15, 0.2) is 4.80 Å². The number of aryl methyl sites for hydroxylation is 2. The molecule has 0 radical (unpaired) electrons. The first kappa shape index (κ1) is 29.1. The molecule has 0 unspecified atom stereocenters. The minimum atomic E-state index is -0.684. The van der Waals surface area contributed by atoms with Crippen molar-refractivity contribution in [3.05, 3.63) is 147 Å². The van der Waals surface area contributed by atoms with Gasteiger partial charge in [0.2, 0.25) is 0 Å². The Morgan fingerprint density at radius 2 is 1.70 bits per heavy atom. The lowest BCUT2D eigenvalue weighted by Crippen LogP contribution is -2.40. The van der Waals surface area contributed by atoms with E-state index in [1.54, 1.807) is 11.5 Å². The van der Waals surface area contributed by atoms with Crippen LogP contribution in [-0.4, -0.2) is 21.7 Å². The molecule has 8 heteroatoms. The lowest BCUT2D eigenvalue weighted by molar-refractivity contribution is -0.138. The van der Waals surface area contributed by atoms with Gasteiger partial charge in [0.05, 0.1) is 28.5 Å². The number of carbonyl (C=O) groups is 1. The van der Waals surface area contributed by atoms with Gasteiger partial charge in [-0.1, -0.05) is 78.1 Å². The zero-order chi connectivity index (χ0) is 30.2. The number of thiazole rings is 1. The highest BCUT2D eigenvalue weighted by atomic mass is 127.